The van der Waals surface area contributed by atoms with Crippen LogP contribution in [-0.4, -0.2) is 33.8 Å². The van der Waals surface area contributed by atoms with E-state index in [1.807, 2.05) is 24.3 Å². The molecule has 1 atom stereocenters. The lowest BCUT2D eigenvalue weighted by molar-refractivity contribution is -0.130. The monoisotopic (exact) mass is 380 g/mol. The number of carbonyl (C=O) groups excluding carboxylic acids is 2. The van der Waals surface area contributed by atoms with E-state index in [2.05, 4.69) is 4.98 Å². The Labute approximate surface area is 164 Å². The molecule has 1 aliphatic rings. The van der Waals surface area contributed by atoms with Crippen LogP contribution in [0.15, 0.2) is 60.1 Å². The minimum absolute atomic E-state index is 0.124. The molecule has 0 fully saturated rings. The van der Waals surface area contributed by atoms with Crippen molar-refractivity contribution in [1.29, 1.82) is 0 Å². The highest BCUT2D eigenvalue weighted by atomic mass is 16.5. The van der Waals surface area contributed by atoms with Crippen LogP contribution in [0.25, 0.3) is 0 Å². The lowest BCUT2D eigenvalue weighted by atomic mass is 9.82. The van der Waals surface area contributed by atoms with E-state index < -0.39 is 23.1 Å². The van der Waals surface area contributed by atoms with Crippen LogP contribution in [0.4, 0.5) is 0 Å². The predicted molar refractivity (Wildman–Crippen MR) is 105 cm³/mol. The van der Waals surface area contributed by atoms with Crippen molar-refractivity contribution in [1.82, 2.24) is 9.88 Å². The highest BCUT2D eigenvalue weighted by molar-refractivity contribution is 6.10. The number of amides is 1. The van der Waals surface area contributed by atoms with Gasteiger partial charge >= 0.3 is 0 Å². The molecule has 1 unspecified atom stereocenters. The van der Waals surface area contributed by atoms with Gasteiger partial charge in [0.25, 0.3) is 5.91 Å². The molecular formula is C22H24N2O4. The highest BCUT2D eigenvalue weighted by Gasteiger charge is 2.45. The average molecular weight is 380 g/mol. The fourth-order valence-electron chi connectivity index (χ4n) is 3.26. The Kier molecular flexibility index (Phi) is 5.23. The molecule has 3 rings (SSSR count). The predicted octanol–water partition coefficient (Wildman–Crippen LogP) is 3.60. The van der Waals surface area contributed by atoms with Crippen LogP contribution in [0, 0.1) is 5.41 Å². The van der Waals surface area contributed by atoms with Gasteiger partial charge in [-0.25, -0.2) is 0 Å². The lowest BCUT2D eigenvalue weighted by Crippen LogP contribution is -2.32. The zero-order valence-corrected chi connectivity index (χ0v) is 16.5. The lowest BCUT2D eigenvalue weighted by Gasteiger charge is -2.28. The molecule has 0 spiro atoms. The molecule has 2 aromatic rings. The molecule has 28 heavy (non-hydrogen) atoms. The molecule has 1 aliphatic heterocycles. The maximum absolute atomic E-state index is 13.1. The zero-order chi connectivity index (χ0) is 20.5. The number of pyridine rings is 1. The second-order valence-electron chi connectivity index (χ2n) is 7.81. The molecule has 0 bridgehead atoms. The fourth-order valence-corrected chi connectivity index (χ4v) is 3.26. The first-order valence-corrected chi connectivity index (χ1v) is 9.05. The fraction of sp³-hybridized carbons (Fsp3) is 0.318. The van der Waals surface area contributed by atoms with Crippen molar-refractivity contribution in [3.8, 4) is 5.75 Å². The van der Waals surface area contributed by atoms with Crippen molar-refractivity contribution in [2.45, 2.75) is 33.4 Å². The summed E-state index contributed by atoms with van der Waals surface area (Å²) in [5, 5.41) is 10.6. The number of ketones is 1. The molecule has 2 heterocycles. The van der Waals surface area contributed by atoms with Gasteiger partial charge in [0.15, 0.2) is 11.5 Å². The molecule has 1 aromatic heterocycles. The van der Waals surface area contributed by atoms with E-state index in [1.165, 1.54) is 4.90 Å². The maximum atomic E-state index is 13.1. The number of rotatable bonds is 5. The van der Waals surface area contributed by atoms with Crippen LogP contribution in [0.2, 0.25) is 0 Å². The Hall–Kier alpha value is -3.15. The minimum Gasteiger partial charge on any atom is -0.503 e. The van der Waals surface area contributed by atoms with E-state index in [1.54, 1.807) is 52.4 Å². The van der Waals surface area contributed by atoms with Gasteiger partial charge in [-0.05, 0) is 29.3 Å². The van der Waals surface area contributed by atoms with Gasteiger partial charge in [-0.15, -0.1) is 0 Å². The van der Waals surface area contributed by atoms with Crippen LogP contribution in [0.1, 0.15) is 37.9 Å². The second kappa shape index (κ2) is 7.46. The average Bonchev–Trinajstić information content (AvgIpc) is 2.92. The Bertz CT molecular complexity index is 912. The summed E-state index contributed by atoms with van der Waals surface area (Å²) < 4.78 is 5.17. The van der Waals surface area contributed by atoms with Gasteiger partial charge in [0, 0.05) is 24.4 Å². The molecule has 6 heteroatoms. The summed E-state index contributed by atoms with van der Waals surface area (Å²) in [5.74, 6) is -0.589. The number of aliphatic hydroxyl groups excluding tert-OH is 1. The number of methoxy groups -OCH3 is 1. The second-order valence-corrected chi connectivity index (χ2v) is 7.81. The van der Waals surface area contributed by atoms with Crippen LogP contribution in [-0.2, 0) is 16.1 Å². The van der Waals surface area contributed by atoms with Crippen molar-refractivity contribution in [2.75, 3.05) is 7.11 Å². The van der Waals surface area contributed by atoms with Crippen molar-refractivity contribution in [3.05, 3.63) is 71.3 Å². The number of aromatic nitrogens is 1. The van der Waals surface area contributed by atoms with Gasteiger partial charge in [0.1, 0.15) is 5.75 Å². The largest absolute Gasteiger partial charge is 0.503 e. The summed E-state index contributed by atoms with van der Waals surface area (Å²) >= 11 is 0. The Morgan fingerprint density at radius 1 is 1.21 bits per heavy atom. The standard InChI is InChI=1S/C22H24N2O4/c1-22(2,3)20(26)17-18(15-6-5-11-23-12-15)24(21(27)19(17)25)13-14-7-9-16(28-4)10-8-14/h5-12,18,25H,13H2,1-4H3. The SMILES string of the molecule is COc1ccc(CN2C(=O)C(O)=C(C(=O)C(C)(C)C)C2c2cccnc2)cc1. The van der Waals surface area contributed by atoms with E-state index >= 15 is 0 Å². The van der Waals surface area contributed by atoms with E-state index in [-0.39, 0.29) is 17.9 Å². The van der Waals surface area contributed by atoms with Crippen LogP contribution >= 0.6 is 0 Å². The highest BCUT2D eigenvalue weighted by Crippen LogP contribution is 2.41. The van der Waals surface area contributed by atoms with Gasteiger partial charge in [0.2, 0.25) is 0 Å². The first-order chi connectivity index (χ1) is 13.2. The molecule has 1 aromatic carbocycles. The van der Waals surface area contributed by atoms with E-state index in [4.69, 9.17) is 4.74 Å². The molecule has 0 radical (unpaired) electrons. The summed E-state index contributed by atoms with van der Waals surface area (Å²) in [4.78, 5) is 31.6. The normalized spacial score (nSPS) is 17.2. The quantitative estimate of drug-likeness (QED) is 0.857. The summed E-state index contributed by atoms with van der Waals surface area (Å²) in [6.45, 7) is 5.55. The van der Waals surface area contributed by atoms with E-state index in [0.29, 0.717) is 11.3 Å². The first-order valence-electron chi connectivity index (χ1n) is 9.05. The molecule has 0 aliphatic carbocycles. The molecule has 0 saturated carbocycles. The number of aliphatic hydroxyl groups is 1. The van der Waals surface area contributed by atoms with Gasteiger partial charge < -0.3 is 14.7 Å². The van der Waals surface area contributed by atoms with Gasteiger partial charge in [-0.3, -0.25) is 14.6 Å². The molecule has 6 nitrogen and oxygen atoms in total. The summed E-state index contributed by atoms with van der Waals surface area (Å²) in [6, 6.07) is 10.2. The van der Waals surface area contributed by atoms with E-state index in [9.17, 15) is 14.7 Å². The summed E-state index contributed by atoms with van der Waals surface area (Å²) in [6.07, 6.45) is 3.25. The number of ether oxygens (including phenoxy) is 1. The number of hydrogen-bond donors (Lipinski definition) is 1. The number of carbonyl (C=O) groups is 2. The third-order valence-corrected chi connectivity index (χ3v) is 4.74. The van der Waals surface area contributed by atoms with Gasteiger partial charge in [0.05, 0.1) is 18.7 Å². The first kappa shape index (κ1) is 19.6. The molecule has 1 N–H and O–H groups in total. The van der Waals surface area contributed by atoms with Crippen LogP contribution in [0.3, 0.4) is 0 Å². The van der Waals surface area contributed by atoms with Crippen molar-refractivity contribution in [2.24, 2.45) is 5.41 Å². The smallest absolute Gasteiger partial charge is 0.290 e. The number of nitrogens with zero attached hydrogens (tertiary/aromatic N) is 2. The number of benzene rings is 1. The van der Waals surface area contributed by atoms with Gasteiger partial charge in [-0.2, -0.15) is 0 Å². The Morgan fingerprint density at radius 2 is 1.89 bits per heavy atom. The number of Topliss-reactive ketones (excluding diaryl/α,β-unsaturated/α-hetero) is 1. The summed E-state index contributed by atoms with van der Waals surface area (Å²) in [7, 11) is 1.59. The molecule has 146 valence electrons. The number of hydrogen-bond acceptors (Lipinski definition) is 5. The van der Waals surface area contributed by atoms with Crippen molar-refractivity contribution >= 4 is 11.7 Å². The van der Waals surface area contributed by atoms with Gasteiger partial charge in [-0.1, -0.05) is 39.0 Å². The molecule has 0 saturated heterocycles. The maximum Gasteiger partial charge on any atom is 0.290 e. The molecule has 1 amide bonds. The third kappa shape index (κ3) is 3.63. The van der Waals surface area contributed by atoms with Crippen LogP contribution in [0.5, 0.6) is 5.75 Å². The summed E-state index contributed by atoms with van der Waals surface area (Å²) in [5.41, 5.74) is 0.931. The Balaban J connectivity index is 2.04. The third-order valence-electron chi connectivity index (χ3n) is 4.74. The van der Waals surface area contributed by atoms with Crippen molar-refractivity contribution < 1.29 is 19.4 Å². The molecular weight excluding hydrogens is 356 g/mol. The zero-order valence-electron chi connectivity index (χ0n) is 16.5. The Morgan fingerprint density at radius 3 is 2.43 bits per heavy atom. The van der Waals surface area contributed by atoms with Crippen LogP contribution < -0.4 is 4.74 Å². The van der Waals surface area contributed by atoms with E-state index in [0.717, 1.165) is 5.56 Å². The van der Waals surface area contributed by atoms with Crippen molar-refractivity contribution in [3.63, 3.8) is 0 Å². The topological polar surface area (TPSA) is 79.7 Å². The minimum atomic E-state index is -0.736.